The van der Waals surface area contributed by atoms with E-state index in [9.17, 15) is 0 Å². The zero-order chi connectivity index (χ0) is 20.4. The maximum atomic E-state index is 6.55. The van der Waals surface area contributed by atoms with Crippen molar-refractivity contribution in [1.29, 1.82) is 0 Å². The van der Waals surface area contributed by atoms with E-state index in [-0.39, 0.29) is 0 Å². The molecule has 1 aromatic heterocycles. The first-order chi connectivity index (χ1) is 14.0. The van der Waals surface area contributed by atoms with E-state index in [0.29, 0.717) is 21.6 Å². The molecule has 4 rings (SSSR count). The first-order valence-corrected chi connectivity index (χ1v) is 10.8. The molecule has 29 heavy (non-hydrogen) atoms. The van der Waals surface area contributed by atoms with E-state index in [0.717, 1.165) is 53.3 Å². The summed E-state index contributed by atoms with van der Waals surface area (Å²) in [6, 6.07) is 15.4. The molecule has 1 saturated heterocycles. The molecule has 0 aliphatic carbocycles. The lowest BCUT2D eigenvalue weighted by Gasteiger charge is -2.20. The molecule has 0 amide bonds. The lowest BCUT2D eigenvalue weighted by molar-refractivity contribution is 0.326. The van der Waals surface area contributed by atoms with E-state index in [2.05, 4.69) is 11.0 Å². The van der Waals surface area contributed by atoms with Gasteiger partial charge in [0, 0.05) is 44.8 Å². The fourth-order valence-corrected chi connectivity index (χ4v) is 4.44. The summed E-state index contributed by atoms with van der Waals surface area (Å²) in [4.78, 5) is 7.52. The van der Waals surface area contributed by atoms with Crippen molar-refractivity contribution in [3.63, 3.8) is 0 Å². The Balaban J connectivity index is 1.88. The monoisotopic (exact) mass is 445 g/mol. The van der Waals surface area contributed by atoms with Crippen LogP contribution in [0, 0.1) is 0 Å². The molecular weight excluding hydrogens is 425 g/mol. The van der Waals surface area contributed by atoms with Crippen molar-refractivity contribution < 1.29 is 0 Å². The normalized spacial score (nSPS) is 14.5. The molecular formula is C23H22Cl3N3. The van der Waals surface area contributed by atoms with Crippen LogP contribution in [0.25, 0.3) is 22.4 Å². The second-order valence-corrected chi connectivity index (χ2v) is 8.59. The minimum Gasteiger partial charge on any atom is -0.326 e. The van der Waals surface area contributed by atoms with E-state index in [1.165, 1.54) is 12.8 Å². The van der Waals surface area contributed by atoms with Gasteiger partial charge < -0.3 is 5.73 Å². The molecule has 0 unspecified atom stereocenters. The van der Waals surface area contributed by atoms with Gasteiger partial charge in [-0.25, -0.2) is 0 Å². The molecule has 6 heteroatoms. The summed E-state index contributed by atoms with van der Waals surface area (Å²) in [5, 5.41) is 1.88. The number of aromatic nitrogens is 1. The van der Waals surface area contributed by atoms with Crippen LogP contribution in [0.3, 0.4) is 0 Å². The third-order valence-corrected chi connectivity index (χ3v) is 6.12. The molecule has 2 aromatic carbocycles. The minimum atomic E-state index is 0.426. The average Bonchev–Trinajstić information content (AvgIpc) is 3.22. The molecule has 2 heterocycles. The first kappa shape index (κ1) is 20.6. The van der Waals surface area contributed by atoms with Gasteiger partial charge >= 0.3 is 0 Å². The standard InChI is InChI=1S/C23H22Cl3N3/c24-17-5-3-15(4-6-17)23-20(19-8-7-18(25)12-21(19)26)11-16(13-27)22(28-23)14-29-9-1-2-10-29/h3-8,11-12H,1-2,9-10,13-14,27H2. The largest absolute Gasteiger partial charge is 0.326 e. The molecule has 1 fully saturated rings. The molecule has 150 valence electrons. The topological polar surface area (TPSA) is 42.1 Å². The molecule has 0 atom stereocenters. The number of likely N-dealkylation sites (tertiary alicyclic amines) is 1. The Kier molecular flexibility index (Phi) is 6.43. The Bertz CT molecular complexity index is 1010. The summed E-state index contributed by atoms with van der Waals surface area (Å²) in [7, 11) is 0. The fraction of sp³-hybridized carbons (Fsp3) is 0.261. The molecule has 1 aliphatic heterocycles. The van der Waals surface area contributed by atoms with E-state index in [1.54, 1.807) is 6.07 Å². The van der Waals surface area contributed by atoms with Crippen LogP contribution in [-0.4, -0.2) is 23.0 Å². The number of rotatable bonds is 5. The van der Waals surface area contributed by atoms with Crippen molar-refractivity contribution in [3.8, 4) is 22.4 Å². The van der Waals surface area contributed by atoms with Gasteiger partial charge in [-0.15, -0.1) is 0 Å². The number of hydrogen-bond acceptors (Lipinski definition) is 3. The highest BCUT2D eigenvalue weighted by Crippen LogP contribution is 2.38. The highest BCUT2D eigenvalue weighted by atomic mass is 35.5. The van der Waals surface area contributed by atoms with Crippen LogP contribution in [0.1, 0.15) is 24.1 Å². The highest BCUT2D eigenvalue weighted by Gasteiger charge is 2.19. The Labute approximate surface area is 186 Å². The number of nitrogens with zero attached hydrogens (tertiary/aromatic N) is 2. The third kappa shape index (κ3) is 4.60. The van der Waals surface area contributed by atoms with E-state index < -0.39 is 0 Å². The van der Waals surface area contributed by atoms with Crippen LogP contribution in [0.2, 0.25) is 15.1 Å². The molecule has 3 nitrogen and oxygen atoms in total. The van der Waals surface area contributed by atoms with Crippen molar-refractivity contribution >= 4 is 34.8 Å². The third-order valence-electron chi connectivity index (χ3n) is 5.32. The van der Waals surface area contributed by atoms with E-state index in [4.69, 9.17) is 45.5 Å². The van der Waals surface area contributed by atoms with Gasteiger partial charge in [0.15, 0.2) is 0 Å². The summed E-state index contributed by atoms with van der Waals surface area (Å²) < 4.78 is 0. The number of benzene rings is 2. The van der Waals surface area contributed by atoms with E-state index in [1.807, 2.05) is 36.4 Å². The van der Waals surface area contributed by atoms with Gasteiger partial charge in [-0.2, -0.15) is 0 Å². The molecule has 0 radical (unpaired) electrons. The summed E-state index contributed by atoms with van der Waals surface area (Å²) in [6.45, 7) is 3.44. The van der Waals surface area contributed by atoms with Crippen LogP contribution < -0.4 is 5.73 Å². The molecule has 3 aromatic rings. The lowest BCUT2D eigenvalue weighted by atomic mass is 9.96. The smallest absolute Gasteiger partial charge is 0.0784 e. The van der Waals surface area contributed by atoms with E-state index >= 15 is 0 Å². The maximum absolute atomic E-state index is 6.55. The summed E-state index contributed by atoms with van der Waals surface area (Å²) in [6.07, 6.45) is 2.47. The molecule has 1 aliphatic rings. The summed E-state index contributed by atoms with van der Waals surface area (Å²) in [5.74, 6) is 0. The fourth-order valence-electron chi connectivity index (χ4n) is 3.80. The van der Waals surface area contributed by atoms with Gasteiger partial charge in [0.05, 0.1) is 11.4 Å². The van der Waals surface area contributed by atoms with Crippen molar-refractivity contribution in [1.82, 2.24) is 9.88 Å². The van der Waals surface area contributed by atoms with Crippen molar-refractivity contribution in [2.45, 2.75) is 25.9 Å². The average molecular weight is 447 g/mol. The Morgan fingerprint density at radius 2 is 1.55 bits per heavy atom. The number of pyridine rings is 1. The lowest BCUT2D eigenvalue weighted by Crippen LogP contribution is -2.21. The molecule has 0 bridgehead atoms. The molecule has 0 saturated carbocycles. The van der Waals surface area contributed by atoms with Crippen molar-refractivity contribution in [2.24, 2.45) is 5.73 Å². The summed E-state index contributed by atoms with van der Waals surface area (Å²) in [5.41, 5.74) is 11.9. The number of halogens is 3. The van der Waals surface area contributed by atoms with Gasteiger partial charge in [-0.1, -0.05) is 53.0 Å². The number of hydrogen-bond donors (Lipinski definition) is 1. The van der Waals surface area contributed by atoms with Gasteiger partial charge in [0.1, 0.15) is 0 Å². The van der Waals surface area contributed by atoms with Crippen LogP contribution in [-0.2, 0) is 13.1 Å². The van der Waals surface area contributed by atoms with Crippen LogP contribution in [0.15, 0.2) is 48.5 Å². The quantitative estimate of drug-likeness (QED) is 0.491. The van der Waals surface area contributed by atoms with Gasteiger partial charge in [-0.3, -0.25) is 9.88 Å². The number of nitrogens with two attached hydrogens (primary N) is 1. The van der Waals surface area contributed by atoms with Crippen LogP contribution in [0.5, 0.6) is 0 Å². The maximum Gasteiger partial charge on any atom is 0.0784 e. The SMILES string of the molecule is NCc1cc(-c2ccc(Cl)cc2Cl)c(-c2ccc(Cl)cc2)nc1CN1CCCC1. The highest BCUT2D eigenvalue weighted by molar-refractivity contribution is 6.36. The van der Waals surface area contributed by atoms with Gasteiger partial charge in [-0.05, 0) is 61.8 Å². The van der Waals surface area contributed by atoms with Crippen LogP contribution >= 0.6 is 34.8 Å². The Morgan fingerprint density at radius 3 is 2.21 bits per heavy atom. The first-order valence-electron chi connectivity index (χ1n) is 9.71. The predicted molar refractivity (Wildman–Crippen MR) is 123 cm³/mol. The summed E-state index contributed by atoms with van der Waals surface area (Å²) >= 11 is 18.8. The molecule has 0 spiro atoms. The van der Waals surface area contributed by atoms with Crippen molar-refractivity contribution in [2.75, 3.05) is 13.1 Å². The van der Waals surface area contributed by atoms with Crippen molar-refractivity contribution in [3.05, 3.63) is 74.9 Å². The predicted octanol–water partition coefficient (Wildman–Crippen LogP) is 6.43. The van der Waals surface area contributed by atoms with Crippen LogP contribution in [0.4, 0.5) is 0 Å². The minimum absolute atomic E-state index is 0.426. The zero-order valence-electron chi connectivity index (χ0n) is 16.0. The van der Waals surface area contributed by atoms with Gasteiger partial charge in [0.2, 0.25) is 0 Å². The Hall–Kier alpha value is -1.62. The van der Waals surface area contributed by atoms with Gasteiger partial charge in [0.25, 0.3) is 0 Å². The second-order valence-electron chi connectivity index (χ2n) is 7.31. The molecule has 2 N–H and O–H groups in total. The zero-order valence-corrected chi connectivity index (χ0v) is 18.2. The Morgan fingerprint density at radius 1 is 0.862 bits per heavy atom. The second kappa shape index (κ2) is 9.03.